The molecule has 1 aromatic carbocycles. The second kappa shape index (κ2) is 9.36. The van der Waals surface area contributed by atoms with Crippen molar-refractivity contribution >= 4 is 5.96 Å². The van der Waals surface area contributed by atoms with E-state index in [1.807, 2.05) is 23.9 Å². The zero-order chi connectivity index (χ0) is 19.1. The van der Waals surface area contributed by atoms with Gasteiger partial charge in [0, 0.05) is 31.9 Å². The highest BCUT2D eigenvalue weighted by Crippen LogP contribution is 2.14. The molecule has 0 aliphatic rings. The van der Waals surface area contributed by atoms with Crippen LogP contribution in [0.2, 0.25) is 0 Å². The summed E-state index contributed by atoms with van der Waals surface area (Å²) in [5.74, 6) is 0.600. The van der Waals surface area contributed by atoms with Crippen molar-refractivity contribution in [1.82, 2.24) is 20.4 Å². The van der Waals surface area contributed by atoms with Gasteiger partial charge >= 0.3 is 0 Å². The Kier molecular flexibility index (Phi) is 7.18. The number of guanidine groups is 1. The Hall–Kier alpha value is -2.37. The highest BCUT2D eigenvalue weighted by Gasteiger charge is 2.13. The van der Waals surface area contributed by atoms with Gasteiger partial charge in [0.25, 0.3) is 0 Å². The van der Waals surface area contributed by atoms with Crippen LogP contribution in [-0.2, 0) is 19.9 Å². The van der Waals surface area contributed by atoms with E-state index in [0.29, 0.717) is 6.54 Å². The minimum Gasteiger partial charge on any atom is -0.357 e. The van der Waals surface area contributed by atoms with Gasteiger partial charge in [0.05, 0.1) is 5.69 Å². The number of nitrogens with one attached hydrogen (secondary N) is 2. The number of nitrogens with zero attached hydrogens (tertiary/aromatic N) is 3. The van der Waals surface area contributed by atoms with Crippen LogP contribution in [0.25, 0.3) is 0 Å². The largest absolute Gasteiger partial charge is 0.357 e. The molecule has 1 aromatic heterocycles. The Bertz CT molecular complexity index is 733. The lowest BCUT2D eigenvalue weighted by atomic mass is 10.1. The zero-order valence-corrected chi connectivity index (χ0v) is 16.4. The second-order valence-corrected chi connectivity index (χ2v) is 6.66. The number of hydrogen-bond donors (Lipinski definition) is 2. The maximum absolute atomic E-state index is 13.0. The van der Waals surface area contributed by atoms with Gasteiger partial charge in [-0.2, -0.15) is 5.10 Å². The first-order valence-electron chi connectivity index (χ1n) is 9.19. The third-order valence-electron chi connectivity index (χ3n) is 4.48. The fourth-order valence-electron chi connectivity index (χ4n) is 2.97. The van der Waals surface area contributed by atoms with Gasteiger partial charge in [-0.05, 0) is 63.8 Å². The van der Waals surface area contributed by atoms with Crippen molar-refractivity contribution in [2.45, 2.75) is 46.6 Å². The first-order chi connectivity index (χ1) is 12.4. The van der Waals surface area contributed by atoms with Crippen molar-refractivity contribution < 1.29 is 4.39 Å². The van der Waals surface area contributed by atoms with Crippen molar-refractivity contribution in [1.29, 1.82) is 0 Å². The Labute approximate surface area is 155 Å². The van der Waals surface area contributed by atoms with E-state index in [0.717, 1.165) is 36.6 Å². The van der Waals surface area contributed by atoms with Crippen molar-refractivity contribution in [2.75, 3.05) is 13.1 Å². The summed E-state index contributed by atoms with van der Waals surface area (Å²) in [6.45, 7) is 9.82. The minimum atomic E-state index is -0.206. The molecular formula is C20H30FN5. The predicted octanol–water partition coefficient (Wildman–Crippen LogP) is 2.90. The standard InChI is InChI=1S/C20H30FN5/c1-6-22-20(23-12-11-17-7-9-18(21)10-8-17)24-14(2)13-19-15(3)25-26(5)16(19)4/h7-10,14H,6,11-13H2,1-5H3,(H2,22,23,24). The van der Waals surface area contributed by atoms with E-state index in [1.165, 1.54) is 23.4 Å². The summed E-state index contributed by atoms with van der Waals surface area (Å²) >= 11 is 0. The van der Waals surface area contributed by atoms with Crippen molar-refractivity contribution in [3.05, 3.63) is 52.6 Å². The summed E-state index contributed by atoms with van der Waals surface area (Å²) in [6.07, 6.45) is 1.68. The molecule has 2 rings (SSSR count). The highest BCUT2D eigenvalue weighted by atomic mass is 19.1. The van der Waals surface area contributed by atoms with Crippen molar-refractivity contribution in [3.63, 3.8) is 0 Å². The third-order valence-corrected chi connectivity index (χ3v) is 4.48. The van der Waals surface area contributed by atoms with Crippen LogP contribution in [0.5, 0.6) is 0 Å². The third kappa shape index (κ3) is 5.58. The van der Waals surface area contributed by atoms with Crippen molar-refractivity contribution in [3.8, 4) is 0 Å². The lowest BCUT2D eigenvalue weighted by Crippen LogP contribution is -2.43. The molecule has 1 unspecified atom stereocenters. The fraction of sp³-hybridized carbons (Fsp3) is 0.500. The second-order valence-electron chi connectivity index (χ2n) is 6.66. The molecule has 0 amide bonds. The number of benzene rings is 1. The zero-order valence-electron chi connectivity index (χ0n) is 16.4. The first kappa shape index (κ1) is 19.9. The highest BCUT2D eigenvalue weighted by molar-refractivity contribution is 5.80. The molecule has 0 radical (unpaired) electrons. The van der Waals surface area contributed by atoms with Gasteiger partial charge in [-0.3, -0.25) is 9.67 Å². The molecule has 2 aromatic rings. The molecule has 26 heavy (non-hydrogen) atoms. The molecule has 0 aliphatic heterocycles. The number of aliphatic imine (C=N–C) groups is 1. The quantitative estimate of drug-likeness (QED) is 0.590. The van der Waals surface area contributed by atoms with E-state index < -0.39 is 0 Å². The monoisotopic (exact) mass is 359 g/mol. The molecule has 1 atom stereocenters. The van der Waals surface area contributed by atoms with Crippen molar-refractivity contribution in [2.24, 2.45) is 12.0 Å². The Morgan fingerprint density at radius 3 is 2.54 bits per heavy atom. The van der Waals surface area contributed by atoms with E-state index in [9.17, 15) is 4.39 Å². The summed E-state index contributed by atoms with van der Waals surface area (Å²) in [7, 11) is 1.98. The molecule has 0 aliphatic carbocycles. The summed E-state index contributed by atoms with van der Waals surface area (Å²) in [4.78, 5) is 4.64. The van der Waals surface area contributed by atoms with Gasteiger partial charge in [0.2, 0.25) is 0 Å². The molecule has 0 spiro atoms. The van der Waals surface area contributed by atoms with E-state index in [-0.39, 0.29) is 11.9 Å². The topological polar surface area (TPSA) is 54.2 Å². The normalized spacial score (nSPS) is 12.9. The van der Waals surface area contributed by atoms with Crippen LogP contribution in [0.15, 0.2) is 29.3 Å². The molecule has 1 heterocycles. The smallest absolute Gasteiger partial charge is 0.191 e. The molecule has 0 bridgehead atoms. The average Bonchev–Trinajstić information content (AvgIpc) is 2.83. The van der Waals surface area contributed by atoms with E-state index in [4.69, 9.17) is 0 Å². The molecule has 0 saturated carbocycles. The summed E-state index contributed by atoms with van der Waals surface area (Å²) in [5.41, 5.74) is 4.65. The van der Waals surface area contributed by atoms with E-state index in [1.54, 1.807) is 0 Å². The molecule has 0 saturated heterocycles. The van der Waals surface area contributed by atoms with E-state index >= 15 is 0 Å². The summed E-state index contributed by atoms with van der Waals surface area (Å²) < 4.78 is 14.9. The number of aryl methyl sites for hydroxylation is 2. The number of rotatable bonds is 7. The molecule has 2 N–H and O–H groups in total. The average molecular weight is 359 g/mol. The number of hydrogen-bond acceptors (Lipinski definition) is 2. The number of halogens is 1. The van der Waals surface area contributed by atoms with Gasteiger partial charge in [0.1, 0.15) is 5.82 Å². The Morgan fingerprint density at radius 1 is 1.27 bits per heavy atom. The van der Waals surface area contributed by atoms with Gasteiger partial charge in [-0.1, -0.05) is 12.1 Å². The molecule has 5 nitrogen and oxygen atoms in total. The maximum Gasteiger partial charge on any atom is 0.191 e. The SMILES string of the molecule is CCNC(=NCCc1ccc(F)cc1)NC(C)Cc1c(C)nn(C)c1C. The van der Waals surface area contributed by atoms with Gasteiger partial charge in [-0.25, -0.2) is 4.39 Å². The van der Waals surface area contributed by atoms with Gasteiger partial charge in [-0.15, -0.1) is 0 Å². The van der Waals surface area contributed by atoms with Crippen LogP contribution in [-0.4, -0.2) is 34.9 Å². The molecule has 0 fully saturated rings. The Morgan fingerprint density at radius 2 is 1.96 bits per heavy atom. The lowest BCUT2D eigenvalue weighted by molar-refractivity contribution is 0.626. The van der Waals surface area contributed by atoms with Crippen LogP contribution < -0.4 is 10.6 Å². The van der Waals surface area contributed by atoms with Crippen LogP contribution >= 0.6 is 0 Å². The van der Waals surface area contributed by atoms with Crippen LogP contribution in [0, 0.1) is 19.7 Å². The van der Waals surface area contributed by atoms with Crippen LogP contribution in [0.4, 0.5) is 4.39 Å². The first-order valence-corrected chi connectivity index (χ1v) is 9.19. The summed E-state index contributed by atoms with van der Waals surface area (Å²) in [5, 5.41) is 11.2. The lowest BCUT2D eigenvalue weighted by Gasteiger charge is -2.18. The van der Waals surface area contributed by atoms with Crippen LogP contribution in [0.1, 0.15) is 36.4 Å². The van der Waals surface area contributed by atoms with Crippen LogP contribution in [0.3, 0.4) is 0 Å². The fourth-order valence-corrected chi connectivity index (χ4v) is 2.97. The van der Waals surface area contributed by atoms with E-state index in [2.05, 4.69) is 48.4 Å². The van der Waals surface area contributed by atoms with Gasteiger partial charge < -0.3 is 10.6 Å². The molecular weight excluding hydrogens is 329 g/mol. The van der Waals surface area contributed by atoms with Gasteiger partial charge in [0.15, 0.2) is 5.96 Å². The maximum atomic E-state index is 13.0. The minimum absolute atomic E-state index is 0.206. The molecule has 142 valence electrons. The summed E-state index contributed by atoms with van der Waals surface area (Å²) in [6, 6.07) is 6.83. The molecule has 6 heteroatoms. The predicted molar refractivity (Wildman–Crippen MR) is 105 cm³/mol. The Balaban J connectivity index is 1.94. The number of aromatic nitrogens is 2.